The lowest BCUT2D eigenvalue weighted by molar-refractivity contribution is 1.24. The molecule has 3 heteroatoms. The summed E-state index contributed by atoms with van der Waals surface area (Å²) in [5.74, 6) is 3.15. The van der Waals surface area contributed by atoms with Crippen LogP contribution >= 0.6 is 17.2 Å². The minimum absolute atomic E-state index is 0.799. The molecule has 0 fully saturated rings. The standard InChI is InChI=1S/C11H22NPS/c1-3-14(13,4-2,10-12)11-8-6-5-7-9-11/h5-9,14H,3-4,10,12-13H2,1-2H3. The van der Waals surface area contributed by atoms with E-state index in [1.807, 2.05) is 0 Å². The van der Waals surface area contributed by atoms with E-state index in [4.69, 9.17) is 5.73 Å². The highest BCUT2D eigenvalue weighted by molar-refractivity contribution is 8.80. The summed E-state index contributed by atoms with van der Waals surface area (Å²) in [6.07, 6.45) is 0. The van der Waals surface area contributed by atoms with E-state index in [-0.39, 0.29) is 0 Å². The molecule has 0 heterocycles. The van der Waals surface area contributed by atoms with E-state index in [1.165, 1.54) is 16.4 Å². The van der Waals surface area contributed by atoms with Gasteiger partial charge in [0.25, 0.3) is 0 Å². The monoisotopic (exact) mass is 231 g/mol. The molecule has 0 saturated heterocycles. The van der Waals surface area contributed by atoms with Gasteiger partial charge < -0.3 is 5.73 Å². The molecule has 0 aliphatic carbocycles. The molecule has 1 rings (SSSR count). The van der Waals surface area contributed by atoms with Crippen molar-refractivity contribution in [3.05, 3.63) is 30.3 Å². The van der Waals surface area contributed by atoms with Gasteiger partial charge in [0.2, 0.25) is 0 Å². The molecule has 1 unspecified atom stereocenters. The van der Waals surface area contributed by atoms with Gasteiger partial charge in [-0.05, 0) is 16.4 Å². The summed E-state index contributed by atoms with van der Waals surface area (Å²) in [6.45, 7) is 4.52. The highest BCUT2D eigenvalue weighted by Crippen LogP contribution is 2.80. The van der Waals surface area contributed by atoms with Gasteiger partial charge in [-0.3, -0.25) is 0 Å². The predicted molar refractivity (Wildman–Crippen MR) is 73.5 cm³/mol. The molecule has 0 aliphatic heterocycles. The lowest BCUT2D eigenvalue weighted by Gasteiger charge is -2.57. The fourth-order valence-corrected chi connectivity index (χ4v) is 5.18. The molecule has 0 spiro atoms. The van der Waals surface area contributed by atoms with Gasteiger partial charge in [0.1, 0.15) is 0 Å². The van der Waals surface area contributed by atoms with Crippen LogP contribution < -0.4 is 5.73 Å². The summed E-state index contributed by atoms with van der Waals surface area (Å²) in [6, 6.07) is 10.7. The Morgan fingerprint density at radius 3 is 2.00 bits per heavy atom. The van der Waals surface area contributed by atoms with Crippen molar-refractivity contribution in [2.45, 2.75) is 18.7 Å². The fourth-order valence-electron chi connectivity index (χ4n) is 1.78. The quantitative estimate of drug-likeness (QED) is 0.605. The van der Waals surface area contributed by atoms with Gasteiger partial charge in [-0.1, -0.05) is 44.2 Å². The first kappa shape index (κ1) is 12.0. The van der Waals surface area contributed by atoms with Gasteiger partial charge in [0.05, 0.1) is 0 Å². The Morgan fingerprint density at radius 2 is 1.64 bits per heavy atom. The van der Waals surface area contributed by atoms with Crippen molar-refractivity contribution in [1.29, 1.82) is 0 Å². The van der Waals surface area contributed by atoms with Gasteiger partial charge in [0, 0.05) is 5.88 Å². The number of benzene rings is 1. The van der Waals surface area contributed by atoms with Crippen LogP contribution in [0.2, 0.25) is 0 Å². The van der Waals surface area contributed by atoms with Crippen LogP contribution in [0.15, 0.2) is 35.2 Å². The highest BCUT2D eigenvalue weighted by Gasteiger charge is 2.33. The number of thiol groups is 1. The van der Waals surface area contributed by atoms with E-state index >= 15 is 0 Å². The summed E-state index contributed by atoms with van der Waals surface area (Å²) in [4.78, 5) is 1.45. The molecule has 0 radical (unpaired) electrons. The Labute approximate surface area is 89.7 Å². The van der Waals surface area contributed by atoms with Gasteiger partial charge in [-0.2, -0.15) is 0 Å². The van der Waals surface area contributed by atoms with E-state index in [0.717, 1.165) is 5.88 Å². The van der Waals surface area contributed by atoms with E-state index < -0.39 is 8.78 Å². The van der Waals surface area contributed by atoms with Crippen LogP contribution in [0, 0.1) is 0 Å². The third kappa shape index (κ3) is 1.84. The lowest BCUT2D eigenvalue weighted by atomic mass is 10.4. The molecule has 0 bridgehead atoms. The molecule has 1 atom stereocenters. The van der Waals surface area contributed by atoms with Crippen LogP contribution in [0.4, 0.5) is 0 Å². The molecule has 0 aromatic heterocycles. The number of nitrogens with two attached hydrogens (primary N) is 1. The second-order valence-corrected chi connectivity index (χ2v) is 13.8. The summed E-state index contributed by atoms with van der Waals surface area (Å²) < 4.78 is 0. The maximum atomic E-state index is 6.03. The summed E-state index contributed by atoms with van der Waals surface area (Å²) in [5.41, 5.74) is 6.03. The average molecular weight is 231 g/mol. The molecular weight excluding hydrogens is 209 g/mol. The zero-order valence-electron chi connectivity index (χ0n) is 9.11. The molecule has 0 saturated carbocycles. The Hall–Kier alpha value is -0.0400. The van der Waals surface area contributed by atoms with Crippen LogP contribution in [-0.2, 0) is 0 Å². The minimum atomic E-state index is -1.87. The van der Waals surface area contributed by atoms with Crippen LogP contribution in [0.3, 0.4) is 0 Å². The number of hydrogen-bond acceptors (Lipinski definition) is 1. The smallest absolute Gasteiger partial charge is 0.0164 e. The van der Waals surface area contributed by atoms with E-state index in [2.05, 4.69) is 52.6 Å². The summed E-state index contributed by atoms with van der Waals surface area (Å²) >= 11 is 0. The van der Waals surface area contributed by atoms with E-state index in [9.17, 15) is 0 Å². The molecule has 14 heavy (non-hydrogen) atoms. The first-order chi connectivity index (χ1) is 6.59. The van der Waals surface area contributed by atoms with Crippen LogP contribution in [-0.4, -0.2) is 17.4 Å². The van der Waals surface area contributed by atoms with Crippen LogP contribution in [0.5, 0.6) is 0 Å². The van der Waals surface area contributed by atoms with Crippen LogP contribution in [0.25, 0.3) is 0 Å². The van der Waals surface area contributed by atoms with Crippen molar-refractivity contribution in [2.75, 3.05) is 17.4 Å². The first-order valence-corrected chi connectivity index (χ1v) is 9.57. The normalized spacial score (nSPS) is 14.7. The molecule has 0 aliphatic rings. The summed E-state index contributed by atoms with van der Waals surface area (Å²) in [7, 11) is 1.25. The van der Waals surface area contributed by atoms with Crippen LogP contribution in [0.1, 0.15) is 13.8 Å². The zero-order valence-corrected chi connectivity index (χ0v) is 11.2. The van der Waals surface area contributed by atoms with Gasteiger partial charge >= 0.3 is 0 Å². The first-order valence-electron chi connectivity index (χ1n) is 5.16. The maximum absolute atomic E-state index is 6.03. The average Bonchev–Trinajstić information content (AvgIpc) is 2.30. The second-order valence-electron chi connectivity index (χ2n) is 3.97. The Kier molecular flexibility index (Phi) is 3.63. The molecule has 2 N–H and O–H groups in total. The van der Waals surface area contributed by atoms with Crippen molar-refractivity contribution in [3.63, 3.8) is 0 Å². The Balaban J connectivity index is 3.25. The van der Waals surface area contributed by atoms with E-state index in [1.54, 1.807) is 0 Å². The topological polar surface area (TPSA) is 26.0 Å². The van der Waals surface area contributed by atoms with Crippen molar-refractivity contribution < 1.29 is 0 Å². The lowest BCUT2D eigenvalue weighted by Crippen LogP contribution is -2.25. The molecule has 82 valence electrons. The third-order valence-electron chi connectivity index (χ3n) is 3.48. The third-order valence-corrected chi connectivity index (χ3v) is 13.0. The molecule has 1 aromatic rings. The maximum Gasteiger partial charge on any atom is 0.0164 e. The fraction of sp³-hybridized carbons (Fsp3) is 0.455. The SMILES string of the molecule is CC[SH](P)(CC)(CN)c1ccccc1. The largest absolute Gasteiger partial charge is 0.324 e. The Morgan fingerprint density at radius 1 is 1.14 bits per heavy atom. The molecule has 1 aromatic carbocycles. The van der Waals surface area contributed by atoms with Crippen molar-refractivity contribution in [1.82, 2.24) is 0 Å². The molecular formula is C11H22NPS. The number of hydrogen-bond donors (Lipinski definition) is 2. The minimum Gasteiger partial charge on any atom is -0.324 e. The van der Waals surface area contributed by atoms with Gasteiger partial charge in [0.15, 0.2) is 0 Å². The number of rotatable bonds is 4. The van der Waals surface area contributed by atoms with Gasteiger partial charge in [-0.15, -0.1) is 8.44 Å². The van der Waals surface area contributed by atoms with Crippen molar-refractivity contribution in [2.24, 2.45) is 5.73 Å². The zero-order chi connectivity index (χ0) is 10.7. The van der Waals surface area contributed by atoms with Crippen molar-refractivity contribution in [3.8, 4) is 0 Å². The van der Waals surface area contributed by atoms with E-state index in [0.29, 0.717) is 0 Å². The molecule has 1 nitrogen and oxygen atoms in total. The predicted octanol–water partition coefficient (Wildman–Crippen LogP) is 2.86. The summed E-state index contributed by atoms with van der Waals surface area (Å²) in [5, 5.41) is 0. The molecule has 0 amide bonds. The van der Waals surface area contributed by atoms with Gasteiger partial charge in [-0.25, -0.2) is 8.78 Å². The van der Waals surface area contributed by atoms with Crippen molar-refractivity contribution >= 4 is 17.2 Å². The Bertz CT molecular complexity index is 284. The highest BCUT2D eigenvalue weighted by atomic mass is 32.8. The second kappa shape index (κ2) is 4.22.